The van der Waals surface area contributed by atoms with Gasteiger partial charge < -0.3 is 4.53 Å². The first kappa shape index (κ1) is 11.0. The van der Waals surface area contributed by atoms with Crippen molar-refractivity contribution in [3.8, 4) is 6.07 Å². The zero-order chi connectivity index (χ0) is 10.6. The van der Waals surface area contributed by atoms with Crippen molar-refractivity contribution in [2.24, 2.45) is 5.16 Å². The third-order valence-electron chi connectivity index (χ3n) is 1.26. The summed E-state index contributed by atoms with van der Waals surface area (Å²) in [5.74, 6) is 0. The Kier molecular flexibility index (Phi) is 3.44. The molecule has 0 aromatic carbocycles. The average Bonchev–Trinajstić information content (AvgIpc) is 2.50. The third-order valence-corrected chi connectivity index (χ3v) is 2.78. The van der Waals surface area contributed by atoms with Crippen LogP contribution in [0.25, 0.3) is 0 Å². The molecule has 0 aliphatic rings. The first-order valence-corrected chi connectivity index (χ1v) is 8.50. The summed E-state index contributed by atoms with van der Waals surface area (Å²) in [5, 5.41) is 14.3. The molecule has 74 valence electrons. The molecule has 0 amide bonds. The highest BCUT2D eigenvalue weighted by Crippen LogP contribution is 2.11. The summed E-state index contributed by atoms with van der Waals surface area (Å²) >= 11 is 1.49. The Bertz CT molecular complexity index is 373. The molecule has 1 aromatic heterocycles. The van der Waals surface area contributed by atoms with E-state index in [4.69, 9.17) is 9.79 Å². The van der Waals surface area contributed by atoms with Gasteiger partial charge in [-0.1, -0.05) is 0 Å². The van der Waals surface area contributed by atoms with E-state index in [1.807, 2.05) is 0 Å². The van der Waals surface area contributed by atoms with Gasteiger partial charge in [0.1, 0.15) is 6.07 Å². The molecule has 0 aliphatic carbocycles. The van der Waals surface area contributed by atoms with Crippen LogP contribution in [-0.2, 0) is 4.53 Å². The number of nitriles is 1. The molecule has 1 heterocycles. The second-order valence-electron chi connectivity index (χ2n) is 3.79. The van der Waals surface area contributed by atoms with Crippen LogP contribution in [0.4, 0.5) is 0 Å². The molecule has 0 radical (unpaired) electrons. The van der Waals surface area contributed by atoms with Gasteiger partial charge in [-0.2, -0.15) is 5.26 Å². The first-order valence-electron chi connectivity index (χ1n) is 4.21. The molecule has 0 fully saturated rings. The van der Waals surface area contributed by atoms with Crippen LogP contribution in [0, 0.1) is 11.3 Å². The van der Waals surface area contributed by atoms with Gasteiger partial charge in [-0.3, -0.25) is 0 Å². The predicted octanol–water partition coefficient (Wildman–Crippen LogP) is 2.81. The van der Waals surface area contributed by atoms with E-state index in [1.54, 1.807) is 17.7 Å². The number of hydrogen-bond donors (Lipinski definition) is 0. The quantitative estimate of drug-likeness (QED) is 0.450. The summed E-state index contributed by atoms with van der Waals surface area (Å²) in [4.78, 5) is 0.944. The molecule has 0 N–H and O–H groups in total. The molecule has 0 atom stereocenters. The fraction of sp³-hybridized carbons (Fsp3) is 0.333. The maximum Gasteiger partial charge on any atom is 0.278 e. The minimum absolute atomic E-state index is 0.671. The van der Waals surface area contributed by atoms with Crippen molar-refractivity contribution in [3.05, 3.63) is 21.9 Å². The second kappa shape index (κ2) is 4.40. The standard InChI is InChI=1S/C9H12N2OSSi/c1-14(2,3)12-11-6-9-4-8(5-10)7-13-9/h4,6-7H,1-3H3/b11-6+. The summed E-state index contributed by atoms with van der Waals surface area (Å²) in [6, 6.07) is 3.86. The molecule has 3 nitrogen and oxygen atoms in total. The Hall–Kier alpha value is -1.12. The molecule has 5 heteroatoms. The number of rotatable bonds is 3. The summed E-state index contributed by atoms with van der Waals surface area (Å²) in [7, 11) is -1.57. The van der Waals surface area contributed by atoms with Crippen molar-refractivity contribution >= 4 is 25.9 Å². The molecule has 1 aromatic rings. The van der Waals surface area contributed by atoms with Gasteiger partial charge in [0, 0.05) is 10.3 Å². The lowest BCUT2D eigenvalue weighted by Gasteiger charge is -2.11. The van der Waals surface area contributed by atoms with E-state index in [-0.39, 0.29) is 0 Å². The van der Waals surface area contributed by atoms with Gasteiger partial charge >= 0.3 is 0 Å². The summed E-state index contributed by atoms with van der Waals surface area (Å²) in [6.45, 7) is 6.21. The van der Waals surface area contributed by atoms with Crippen LogP contribution >= 0.6 is 11.3 Å². The van der Waals surface area contributed by atoms with Crippen LogP contribution in [-0.4, -0.2) is 14.5 Å². The van der Waals surface area contributed by atoms with Crippen LogP contribution in [0.15, 0.2) is 16.6 Å². The Labute approximate surface area is 88.8 Å². The van der Waals surface area contributed by atoms with Crippen molar-refractivity contribution in [3.63, 3.8) is 0 Å². The van der Waals surface area contributed by atoms with Crippen molar-refractivity contribution in [1.29, 1.82) is 5.26 Å². The Balaban J connectivity index is 2.57. The van der Waals surface area contributed by atoms with Crippen LogP contribution in [0.3, 0.4) is 0 Å². The number of oxime groups is 1. The van der Waals surface area contributed by atoms with Gasteiger partial charge in [-0.25, -0.2) is 0 Å². The van der Waals surface area contributed by atoms with E-state index in [1.165, 1.54) is 11.3 Å². The fourth-order valence-electron chi connectivity index (χ4n) is 0.716. The number of hydrogen-bond acceptors (Lipinski definition) is 4. The first-order chi connectivity index (χ1) is 6.51. The molecular formula is C9H12N2OSSi. The van der Waals surface area contributed by atoms with E-state index in [9.17, 15) is 0 Å². The second-order valence-corrected chi connectivity index (χ2v) is 9.14. The Morgan fingerprint density at radius 3 is 2.79 bits per heavy atom. The summed E-state index contributed by atoms with van der Waals surface area (Å²) in [5.41, 5.74) is 0.671. The molecule has 0 spiro atoms. The Morgan fingerprint density at radius 2 is 2.29 bits per heavy atom. The van der Waals surface area contributed by atoms with Gasteiger partial charge in [0.2, 0.25) is 0 Å². The van der Waals surface area contributed by atoms with Gasteiger partial charge in [0.05, 0.1) is 11.8 Å². The van der Waals surface area contributed by atoms with Crippen molar-refractivity contribution in [1.82, 2.24) is 0 Å². The zero-order valence-electron chi connectivity index (χ0n) is 8.44. The van der Waals surface area contributed by atoms with Crippen LogP contribution in [0.1, 0.15) is 10.4 Å². The van der Waals surface area contributed by atoms with Crippen molar-refractivity contribution in [2.45, 2.75) is 19.6 Å². The van der Waals surface area contributed by atoms with Gasteiger partial charge in [-0.05, 0) is 25.7 Å². The van der Waals surface area contributed by atoms with Gasteiger partial charge in [0.15, 0.2) is 0 Å². The third kappa shape index (κ3) is 3.73. The topological polar surface area (TPSA) is 45.4 Å². The molecule has 0 unspecified atom stereocenters. The maximum absolute atomic E-state index is 8.59. The van der Waals surface area contributed by atoms with Crippen molar-refractivity contribution in [2.75, 3.05) is 0 Å². The molecule has 0 saturated heterocycles. The van der Waals surface area contributed by atoms with Crippen LogP contribution in [0.2, 0.25) is 19.6 Å². The normalized spacial score (nSPS) is 11.6. The largest absolute Gasteiger partial charge is 0.456 e. The maximum atomic E-state index is 8.59. The lowest BCUT2D eigenvalue weighted by Crippen LogP contribution is -2.22. The highest BCUT2D eigenvalue weighted by Gasteiger charge is 2.15. The van der Waals surface area contributed by atoms with E-state index < -0.39 is 8.32 Å². The minimum atomic E-state index is -1.57. The molecular weight excluding hydrogens is 212 g/mol. The number of nitrogens with zero attached hydrogens (tertiary/aromatic N) is 2. The van der Waals surface area contributed by atoms with Crippen LogP contribution in [0.5, 0.6) is 0 Å². The zero-order valence-corrected chi connectivity index (χ0v) is 10.3. The fourth-order valence-corrected chi connectivity index (χ4v) is 1.77. The van der Waals surface area contributed by atoms with E-state index in [0.717, 1.165) is 4.88 Å². The Morgan fingerprint density at radius 1 is 1.57 bits per heavy atom. The molecule has 0 aliphatic heterocycles. The van der Waals surface area contributed by atoms with E-state index in [2.05, 4.69) is 30.9 Å². The monoisotopic (exact) mass is 224 g/mol. The smallest absolute Gasteiger partial charge is 0.278 e. The highest BCUT2D eigenvalue weighted by molar-refractivity contribution is 7.11. The SMILES string of the molecule is C[Si](C)(C)O/N=C/c1cc(C#N)cs1. The highest BCUT2D eigenvalue weighted by atomic mass is 32.1. The molecule has 14 heavy (non-hydrogen) atoms. The number of thiophene rings is 1. The van der Waals surface area contributed by atoms with Crippen molar-refractivity contribution < 1.29 is 4.53 Å². The minimum Gasteiger partial charge on any atom is -0.456 e. The van der Waals surface area contributed by atoms with Gasteiger partial charge in [0.25, 0.3) is 8.32 Å². The van der Waals surface area contributed by atoms with E-state index >= 15 is 0 Å². The summed E-state index contributed by atoms with van der Waals surface area (Å²) in [6.07, 6.45) is 1.66. The molecule has 0 bridgehead atoms. The lowest BCUT2D eigenvalue weighted by atomic mass is 10.3. The summed E-state index contributed by atoms with van der Waals surface area (Å²) < 4.78 is 5.31. The van der Waals surface area contributed by atoms with Gasteiger partial charge in [-0.15, -0.1) is 16.5 Å². The van der Waals surface area contributed by atoms with Crippen LogP contribution < -0.4 is 0 Å². The molecule has 1 rings (SSSR count). The lowest BCUT2D eigenvalue weighted by molar-refractivity contribution is 0.338. The average molecular weight is 224 g/mol. The molecule has 0 saturated carbocycles. The van der Waals surface area contributed by atoms with E-state index in [0.29, 0.717) is 5.56 Å². The predicted molar refractivity (Wildman–Crippen MR) is 61.1 cm³/mol.